The molecule has 6 nitrogen and oxygen atoms in total. The van der Waals surface area contributed by atoms with Gasteiger partial charge in [0.05, 0.1) is 19.3 Å². The third kappa shape index (κ3) is 4.89. The normalized spacial score (nSPS) is 10.2. The van der Waals surface area contributed by atoms with Crippen LogP contribution >= 0.6 is 11.6 Å². The standard InChI is InChI=1S/C19H22ClN3O3/c1-12-9-16(17(26-4)10-15(12)20)22-18(24)11-21-14-7-5-13(6-8-14)19(25)23(2)3/h5-10,21H,11H2,1-4H3,(H,22,24). The van der Waals surface area contributed by atoms with Gasteiger partial charge in [0, 0.05) is 36.4 Å². The molecule has 0 saturated heterocycles. The van der Waals surface area contributed by atoms with Crippen molar-refractivity contribution in [2.45, 2.75) is 6.92 Å². The number of hydrogen-bond acceptors (Lipinski definition) is 4. The Kier molecular flexibility index (Phi) is 6.46. The number of hydrogen-bond donors (Lipinski definition) is 2. The van der Waals surface area contributed by atoms with E-state index in [2.05, 4.69) is 10.6 Å². The average Bonchev–Trinajstić information content (AvgIpc) is 2.62. The molecule has 0 aliphatic heterocycles. The second-order valence-electron chi connectivity index (χ2n) is 5.98. The molecule has 0 aromatic heterocycles. The Labute approximate surface area is 158 Å². The van der Waals surface area contributed by atoms with Crippen molar-refractivity contribution in [2.24, 2.45) is 0 Å². The summed E-state index contributed by atoms with van der Waals surface area (Å²) >= 11 is 6.06. The lowest BCUT2D eigenvalue weighted by Gasteiger charge is -2.13. The summed E-state index contributed by atoms with van der Waals surface area (Å²) in [4.78, 5) is 25.6. The van der Waals surface area contributed by atoms with Gasteiger partial charge >= 0.3 is 0 Å². The zero-order valence-corrected chi connectivity index (χ0v) is 16.0. The number of carbonyl (C=O) groups is 2. The van der Waals surface area contributed by atoms with Crippen LogP contribution in [0.25, 0.3) is 0 Å². The highest BCUT2D eigenvalue weighted by atomic mass is 35.5. The summed E-state index contributed by atoms with van der Waals surface area (Å²) in [5.74, 6) is 0.207. The van der Waals surface area contributed by atoms with Crippen molar-refractivity contribution >= 4 is 34.8 Å². The molecule has 2 N–H and O–H groups in total. The van der Waals surface area contributed by atoms with Crippen molar-refractivity contribution < 1.29 is 14.3 Å². The number of rotatable bonds is 6. The van der Waals surface area contributed by atoms with E-state index in [0.717, 1.165) is 11.3 Å². The van der Waals surface area contributed by atoms with Crippen LogP contribution in [0.1, 0.15) is 15.9 Å². The van der Waals surface area contributed by atoms with E-state index in [-0.39, 0.29) is 18.4 Å². The molecule has 0 radical (unpaired) electrons. The topological polar surface area (TPSA) is 70.7 Å². The third-order valence-corrected chi connectivity index (χ3v) is 4.15. The Hall–Kier alpha value is -2.73. The van der Waals surface area contributed by atoms with Crippen molar-refractivity contribution in [1.29, 1.82) is 0 Å². The molecule has 0 aliphatic carbocycles. The van der Waals surface area contributed by atoms with Gasteiger partial charge in [0.2, 0.25) is 5.91 Å². The molecular formula is C19H22ClN3O3. The zero-order chi connectivity index (χ0) is 19.3. The van der Waals surface area contributed by atoms with E-state index >= 15 is 0 Å². The van der Waals surface area contributed by atoms with Crippen LogP contribution in [0.4, 0.5) is 11.4 Å². The monoisotopic (exact) mass is 375 g/mol. The highest BCUT2D eigenvalue weighted by Crippen LogP contribution is 2.30. The Morgan fingerprint density at radius 1 is 1.15 bits per heavy atom. The van der Waals surface area contributed by atoms with Gasteiger partial charge in [-0.05, 0) is 42.8 Å². The van der Waals surface area contributed by atoms with Crippen LogP contribution < -0.4 is 15.4 Å². The van der Waals surface area contributed by atoms with Crippen molar-refractivity contribution in [3.05, 3.63) is 52.5 Å². The van der Waals surface area contributed by atoms with E-state index in [1.54, 1.807) is 50.5 Å². The molecule has 0 saturated carbocycles. The SMILES string of the molecule is COc1cc(Cl)c(C)cc1NC(=O)CNc1ccc(C(=O)N(C)C)cc1. The number of amides is 2. The Bertz CT molecular complexity index is 804. The highest BCUT2D eigenvalue weighted by Gasteiger charge is 2.11. The van der Waals surface area contributed by atoms with Gasteiger partial charge in [-0.25, -0.2) is 0 Å². The summed E-state index contributed by atoms with van der Waals surface area (Å²) in [7, 11) is 4.92. The summed E-state index contributed by atoms with van der Waals surface area (Å²) in [5.41, 5.74) is 2.74. The summed E-state index contributed by atoms with van der Waals surface area (Å²) in [6.45, 7) is 1.93. The first kappa shape index (κ1) is 19.6. The maximum atomic E-state index is 12.2. The first-order chi connectivity index (χ1) is 12.3. The van der Waals surface area contributed by atoms with Gasteiger partial charge in [-0.2, -0.15) is 0 Å². The summed E-state index contributed by atoms with van der Waals surface area (Å²) in [6, 6.07) is 10.4. The van der Waals surface area contributed by atoms with Gasteiger partial charge in [-0.15, -0.1) is 0 Å². The number of halogens is 1. The summed E-state index contributed by atoms with van der Waals surface area (Å²) < 4.78 is 5.24. The van der Waals surface area contributed by atoms with Crippen LogP contribution in [-0.2, 0) is 4.79 Å². The Morgan fingerprint density at radius 3 is 2.38 bits per heavy atom. The van der Waals surface area contributed by atoms with E-state index < -0.39 is 0 Å². The van der Waals surface area contributed by atoms with E-state index in [0.29, 0.717) is 22.0 Å². The van der Waals surface area contributed by atoms with Gasteiger partial charge < -0.3 is 20.3 Å². The maximum absolute atomic E-state index is 12.2. The lowest BCUT2D eigenvalue weighted by atomic mass is 10.2. The fourth-order valence-corrected chi connectivity index (χ4v) is 2.45. The fraction of sp³-hybridized carbons (Fsp3) is 0.263. The molecule has 0 atom stereocenters. The molecule has 0 spiro atoms. The molecule has 2 aromatic rings. The second kappa shape index (κ2) is 8.58. The Morgan fingerprint density at radius 2 is 1.81 bits per heavy atom. The lowest BCUT2D eigenvalue weighted by Crippen LogP contribution is -2.23. The number of nitrogens with one attached hydrogen (secondary N) is 2. The minimum absolute atomic E-state index is 0.0699. The van der Waals surface area contributed by atoms with Crippen molar-refractivity contribution in [3.63, 3.8) is 0 Å². The van der Waals surface area contributed by atoms with E-state index in [1.165, 1.54) is 12.0 Å². The number of carbonyl (C=O) groups excluding carboxylic acids is 2. The number of aryl methyl sites for hydroxylation is 1. The molecule has 2 aromatic carbocycles. The predicted molar refractivity (Wildman–Crippen MR) is 104 cm³/mol. The van der Waals surface area contributed by atoms with Crippen molar-refractivity contribution in [3.8, 4) is 5.75 Å². The molecule has 0 heterocycles. The number of anilines is 2. The minimum Gasteiger partial charge on any atom is -0.495 e. The van der Waals surface area contributed by atoms with Crippen LogP contribution in [0.5, 0.6) is 5.75 Å². The van der Waals surface area contributed by atoms with Gasteiger partial charge in [-0.1, -0.05) is 11.6 Å². The molecule has 0 unspecified atom stereocenters. The molecule has 0 fully saturated rings. The Balaban J connectivity index is 1.97. The maximum Gasteiger partial charge on any atom is 0.253 e. The highest BCUT2D eigenvalue weighted by molar-refractivity contribution is 6.31. The molecule has 2 rings (SSSR count). The average molecular weight is 376 g/mol. The van der Waals surface area contributed by atoms with Gasteiger partial charge in [-0.3, -0.25) is 9.59 Å². The second-order valence-corrected chi connectivity index (χ2v) is 6.39. The molecule has 2 amide bonds. The predicted octanol–water partition coefficient (Wildman–Crippen LogP) is 3.41. The number of benzene rings is 2. The van der Waals surface area contributed by atoms with E-state index in [1.807, 2.05) is 6.92 Å². The molecule has 26 heavy (non-hydrogen) atoms. The third-order valence-electron chi connectivity index (χ3n) is 3.75. The largest absolute Gasteiger partial charge is 0.495 e. The van der Waals surface area contributed by atoms with Crippen LogP contribution in [0, 0.1) is 6.92 Å². The molecule has 0 aliphatic rings. The van der Waals surface area contributed by atoms with Gasteiger partial charge in [0.1, 0.15) is 5.75 Å². The smallest absolute Gasteiger partial charge is 0.253 e. The van der Waals surface area contributed by atoms with E-state index in [4.69, 9.17) is 16.3 Å². The van der Waals surface area contributed by atoms with Crippen LogP contribution in [0.15, 0.2) is 36.4 Å². The molecule has 7 heteroatoms. The summed E-state index contributed by atoms with van der Waals surface area (Å²) in [5, 5.41) is 6.39. The van der Waals surface area contributed by atoms with Crippen LogP contribution in [-0.4, -0.2) is 44.5 Å². The first-order valence-electron chi connectivity index (χ1n) is 8.01. The number of nitrogens with zero attached hydrogens (tertiary/aromatic N) is 1. The lowest BCUT2D eigenvalue weighted by molar-refractivity contribution is -0.114. The van der Waals surface area contributed by atoms with Gasteiger partial charge in [0.15, 0.2) is 0 Å². The van der Waals surface area contributed by atoms with Crippen LogP contribution in [0.2, 0.25) is 5.02 Å². The molecule has 0 bridgehead atoms. The minimum atomic E-state index is -0.224. The summed E-state index contributed by atoms with van der Waals surface area (Å²) in [6.07, 6.45) is 0. The quantitative estimate of drug-likeness (QED) is 0.811. The number of ether oxygens (including phenoxy) is 1. The van der Waals surface area contributed by atoms with Crippen molar-refractivity contribution in [2.75, 3.05) is 38.4 Å². The van der Waals surface area contributed by atoms with E-state index in [9.17, 15) is 9.59 Å². The van der Waals surface area contributed by atoms with Gasteiger partial charge in [0.25, 0.3) is 5.91 Å². The zero-order valence-electron chi connectivity index (χ0n) is 15.2. The number of methoxy groups -OCH3 is 1. The fourth-order valence-electron chi connectivity index (χ4n) is 2.30. The first-order valence-corrected chi connectivity index (χ1v) is 8.39. The van der Waals surface area contributed by atoms with Crippen LogP contribution in [0.3, 0.4) is 0 Å². The molecule has 138 valence electrons. The van der Waals surface area contributed by atoms with Crippen molar-refractivity contribution in [1.82, 2.24) is 4.90 Å². The molecular weight excluding hydrogens is 354 g/mol.